The molecule has 154 valence electrons. The number of methoxy groups -OCH3 is 2. The van der Waals surface area contributed by atoms with Crippen LogP contribution >= 0.6 is 0 Å². The van der Waals surface area contributed by atoms with E-state index in [9.17, 15) is 9.59 Å². The minimum Gasteiger partial charge on any atom is -0.497 e. The molecule has 6 nitrogen and oxygen atoms in total. The van der Waals surface area contributed by atoms with E-state index in [-0.39, 0.29) is 11.8 Å². The maximum Gasteiger partial charge on any atom is 0.253 e. The van der Waals surface area contributed by atoms with Crippen molar-refractivity contribution >= 4 is 11.8 Å². The summed E-state index contributed by atoms with van der Waals surface area (Å²) in [7, 11) is 3.22. The number of rotatable bonds is 7. The first kappa shape index (κ1) is 20.7. The number of hydrogen-bond acceptors (Lipinski definition) is 4. The third kappa shape index (κ3) is 5.50. The fraction of sp³-hybridized carbons (Fsp3) is 0.391. The highest BCUT2D eigenvalue weighted by Crippen LogP contribution is 2.25. The summed E-state index contributed by atoms with van der Waals surface area (Å²) in [6.45, 7) is 1.77. The number of ether oxygens (including phenoxy) is 2. The van der Waals surface area contributed by atoms with Gasteiger partial charge in [0, 0.05) is 37.2 Å². The molecule has 2 aromatic rings. The Kier molecular flexibility index (Phi) is 7.11. The standard InChI is InChI=1S/C23H28N2O4/c1-28-20-8-9-21(29-2)19(15-20)16-24-22(26)14-17-10-12-25(13-11-17)23(27)18-6-4-3-5-7-18/h3-9,15,17H,10-14,16H2,1-2H3,(H,24,26). The number of hydrogen-bond donors (Lipinski definition) is 1. The Bertz CT molecular complexity index is 830. The maximum absolute atomic E-state index is 12.5. The van der Waals surface area contributed by atoms with Crippen molar-refractivity contribution in [2.45, 2.75) is 25.8 Å². The zero-order valence-electron chi connectivity index (χ0n) is 17.0. The lowest BCUT2D eigenvalue weighted by atomic mass is 9.93. The normalized spacial score (nSPS) is 14.3. The summed E-state index contributed by atoms with van der Waals surface area (Å²) in [6.07, 6.45) is 2.16. The predicted molar refractivity (Wildman–Crippen MR) is 111 cm³/mol. The fourth-order valence-corrected chi connectivity index (χ4v) is 3.65. The molecule has 29 heavy (non-hydrogen) atoms. The topological polar surface area (TPSA) is 67.9 Å². The second kappa shape index (κ2) is 9.96. The molecule has 0 saturated carbocycles. The Balaban J connectivity index is 1.46. The van der Waals surface area contributed by atoms with Crippen LogP contribution in [0.3, 0.4) is 0 Å². The highest BCUT2D eigenvalue weighted by molar-refractivity contribution is 5.94. The van der Waals surface area contributed by atoms with Crippen molar-refractivity contribution in [3.05, 3.63) is 59.7 Å². The highest BCUT2D eigenvalue weighted by Gasteiger charge is 2.25. The lowest BCUT2D eigenvalue weighted by Crippen LogP contribution is -2.39. The van der Waals surface area contributed by atoms with Crippen LogP contribution < -0.4 is 14.8 Å². The van der Waals surface area contributed by atoms with Gasteiger partial charge in [-0.05, 0) is 49.1 Å². The molecule has 1 aliphatic rings. The first-order chi connectivity index (χ1) is 14.1. The van der Waals surface area contributed by atoms with Crippen LogP contribution in [-0.4, -0.2) is 44.0 Å². The van der Waals surface area contributed by atoms with Gasteiger partial charge in [0.25, 0.3) is 5.91 Å². The molecule has 1 aliphatic heterocycles. The smallest absolute Gasteiger partial charge is 0.253 e. The monoisotopic (exact) mass is 396 g/mol. The molecule has 3 rings (SSSR count). The van der Waals surface area contributed by atoms with Crippen molar-refractivity contribution in [3.8, 4) is 11.5 Å². The third-order valence-corrected chi connectivity index (χ3v) is 5.36. The van der Waals surface area contributed by atoms with Crippen LogP contribution in [0.1, 0.15) is 35.2 Å². The van der Waals surface area contributed by atoms with E-state index in [0.29, 0.717) is 32.0 Å². The molecular formula is C23H28N2O4. The predicted octanol–water partition coefficient (Wildman–Crippen LogP) is 3.26. The molecule has 2 amide bonds. The Hall–Kier alpha value is -3.02. The van der Waals surface area contributed by atoms with Crippen LogP contribution in [0.2, 0.25) is 0 Å². The minimum atomic E-state index is 0.0164. The first-order valence-corrected chi connectivity index (χ1v) is 9.92. The summed E-state index contributed by atoms with van der Waals surface area (Å²) in [4.78, 5) is 26.8. The van der Waals surface area contributed by atoms with Crippen molar-refractivity contribution in [1.82, 2.24) is 10.2 Å². The molecular weight excluding hydrogens is 368 g/mol. The van der Waals surface area contributed by atoms with E-state index < -0.39 is 0 Å². The highest BCUT2D eigenvalue weighted by atomic mass is 16.5. The second-order valence-corrected chi connectivity index (χ2v) is 7.26. The maximum atomic E-state index is 12.5. The van der Waals surface area contributed by atoms with Gasteiger partial charge in [0.05, 0.1) is 14.2 Å². The quantitative estimate of drug-likeness (QED) is 0.780. The largest absolute Gasteiger partial charge is 0.497 e. The number of nitrogens with one attached hydrogen (secondary N) is 1. The van der Waals surface area contributed by atoms with E-state index in [1.807, 2.05) is 53.4 Å². The average Bonchev–Trinajstić information content (AvgIpc) is 2.78. The van der Waals surface area contributed by atoms with Crippen LogP contribution in [0.15, 0.2) is 48.5 Å². The number of likely N-dealkylation sites (tertiary alicyclic amines) is 1. The summed E-state index contributed by atoms with van der Waals surface area (Å²) in [5, 5.41) is 2.98. The van der Waals surface area contributed by atoms with Gasteiger partial charge in [0.15, 0.2) is 0 Å². The van der Waals surface area contributed by atoms with E-state index in [1.165, 1.54) is 0 Å². The van der Waals surface area contributed by atoms with Crippen molar-refractivity contribution < 1.29 is 19.1 Å². The summed E-state index contributed by atoms with van der Waals surface area (Å²) in [6, 6.07) is 14.9. The number of nitrogens with zero attached hydrogens (tertiary/aromatic N) is 1. The molecule has 2 aromatic carbocycles. The molecule has 1 N–H and O–H groups in total. The average molecular weight is 396 g/mol. The molecule has 0 aliphatic carbocycles. The van der Waals surface area contributed by atoms with Crippen molar-refractivity contribution in [1.29, 1.82) is 0 Å². The van der Waals surface area contributed by atoms with Gasteiger partial charge < -0.3 is 19.7 Å². The molecule has 0 aromatic heterocycles. The number of carbonyl (C=O) groups excluding carboxylic acids is 2. The van der Waals surface area contributed by atoms with E-state index >= 15 is 0 Å². The summed E-state index contributed by atoms with van der Waals surface area (Å²) >= 11 is 0. The SMILES string of the molecule is COc1ccc(OC)c(CNC(=O)CC2CCN(C(=O)c3ccccc3)CC2)c1. The van der Waals surface area contributed by atoms with Gasteiger partial charge in [0.2, 0.25) is 5.91 Å². The molecule has 0 bridgehead atoms. The van der Waals surface area contributed by atoms with Gasteiger partial charge in [-0.15, -0.1) is 0 Å². The minimum absolute atomic E-state index is 0.0164. The molecule has 6 heteroatoms. The lowest BCUT2D eigenvalue weighted by Gasteiger charge is -2.31. The van der Waals surface area contributed by atoms with Crippen molar-refractivity contribution in [2.75, 3.05) is 27.3 Å². The Labute approximate surface area is 171 Å². The van der Waals surface area contributed by atoms with Crippen LogP contribution in [0.25, 0.3) is 0 Å². The van der Waals surface area contributed by atoms with Gasteiger partial charge in [0.1, 0.15) is 11.5 Å². The van der Waals surface area contributed by atoms with Gasteiger partial charge in [-0.2, -0.15) is 0 Å². The van der Waals surface area contributed by atoms with Crippen LogP contribution in [0.5, 0.6) is 11.5 Å². The summed E-state index contributed by atoms with van der Waals surface area (Å²) in [5.41, 5.74) is 1.60. The van der Waals surface area contributed by atoms with Crippen molar-refractivity contribution in [3.63, 3.8) is 0 Å². The fourth-order valence-electron chi connectivity index (χ4n) is 3.65. The molecule has 1 fully saturated rings. The lowest BCUT2D eigenvalue weighted by molar-refractivity contribution is -0.122. The van der Waals surface area contributed by atoms with Crippen LogP contribution in [0, 0.1) is 5.92 Å². The Morgan fingerprint density at radius 1 is 1.03 bits per heavy atom. The van der Waals surface area contributed by atoms with Crippen LogP contribution in [-0.2, 0) is 11.3 Å². The number of piperidine rings is 1. The summed E-state index contributed by atoms with van der Waals surface area (Å²) in [5.74, 6) is 1.83. The first-order valence-electron chi connectivity index (χ1n) is 9.92. The van der Waals surface area contributed by atoms with E-state index in [2.05, 4.69) is 5.32 Å². The molecule has 0 atom stereocenters. The van der Waals surface area contributed by atoms with Crippen LogP contribution in [0.4, 0.5) is 0 Å². The van der Waals surface area contributed by atoms with E-state index in [0.717, 1.165) is 35.5 Å². The van der Waals surface area contributed by atoms with Gasteiger partial charge >= 0.3 is 0 Å². The van der Waals surface area contributed by atoms with Gasteiger partial charge in [-0.1, -0.05) is 18.2 Å². The number of amides is 2. The van der Waals surface area contributed by atoms with Gasteiger partial charge in [-0.3, -0.25) is 9.59 Å². The number of carbonyl (C=O) groups is 2. The Morgan fingerprint density at radius 3 is 2.41 bits per heavy atom. The summed E-state index contributed by atoms with van der Waals surface area (Å²) < 4.78 is 10.6. The molecule has 0 spiro atoms. The zero-order valence-corrected chi connectivity index (χ0v) is 17.0. The third-order valence-electron chi connectivity index (χ3n) is 5.36. The molecule has 1 saturated heterocycles. The number of benzene rings is 2. The molecule has 0 radical (unpaired) electrons. The molecule has 1 heterocycles. The van der Waals surface area contributed by atoms with E-state index in [4.69, 9.17) is 9.47 Å². The zero-order chi connectivity index (χ0) is 20.6. The Morgan fingerprint density at radius 2 is 1.76 bits per heavy atom. The van der Waals surface area contributed by atoms with Crippen molar-refractivity contribution in [2.24, 2.45) is 5.92 Å². The molecule has 0 unspecified atom stereocenters. The van der Waals surface area contributed by atoms with E-state index in [1.54, 1.807) is 14.2 Å². The van der Waals surface area contributed by atoms with Gasteiger partial charge in [-0.25, -0.2) is 0 Å². The second-order valence-electron chi connectivity index (χ2n) is 7.26.